The van der Waals surface area contributed by atoms with Gasteiger partial charge in [0.1, 0.15) is 0 Å². The summed E-state index contributed by atoms with van der Waals surface area (Å²) in [5.41, 5.74) is -0.306. The Labute approximate surface area is 184 Å². The van der Waals surface area contributed by atoms with Gasteiger partial charge in [-0.05, 0) is 32.1 Å². The Hall–Kier alpha value is -0.380. The molecule has 3 unspecified atom stereocenters. The van der Waals surface area contributed by atoms with E-state index >= 15 is 0 Å². The lowest BCUT2D eigenvalue weighted by atomic mass is 9.84. The predicted octanol–water partition coefficient (Wildman–Crippen LogP) is 2.50. The lowest BCUT2D eigenvalue weighted by molar-refractivity contribution is -0.138. The Bertz CT molecular complexity index is 536. The van der Waals surface area contributed by atoms with Gasteiger partial charge in [-0.15, -0.1) is 24.0 Å². The van der Waals surface area contributed by atoms with Gasteiger partial charge in [-0.25, -0.2) is 0 Å². The van der Waals surface area contributed by atoms with Crippen molar-refractivity contribution in [3.05, 3.63) is 0 Å². The Balaban J connectivity index is 0.00000364. The fraction of sp³-hybridized carbons (Fsp3) is 0.895. The number of rotatable bonds is 6. The van der Waals surface area contributed by atoms with E-state index in [0.717, 1.165) is 63.1 Å². The van der Waals surface area contributed by atoms with E-state index in [1.165, 1.54) is 0 Å². The van der Waals surface area contributed by atoms with Gasteiger partial charge in [-0.1, -0.05) is 26.2 Å². The summed E-state index contributed by atoms with van der Waals surface area (Å²) in [5, 5.41) is 7.20. The number of carbonyl (C=O) groups excluding carboxylic acids is 1. The van der Waals surface area contributed by atoms with Crippen molar-refractivity contribution in [2.75, 3.05) is 33.4 Å². The van der Waals surface area contributed by atoms with Crippen LogP contribution in [-0.4, -0.2) is 65.7 Å². The van der Waals surface area contributed by atoms with Gasteiger partial charge in [-0.3, -0.25) is 14.0 Å². The van der Waals surface area contributed by atoms with E-state index in [2.05, 4.69) is 15.6 Å². The first-order valence-electron chi connectivity index (χ1n) is 9.98. The average Bonchev–Trinajstić information content (AvgIpc) is 3.14. The third kappa shape index (κ3) is 6.58. The molecule has 0 bridgehead atoms. The summed E-state index contributed by atoms with van der Waals surface area (Å²) in [6.07, 6.45) is 8.28. The second kappa shape index (κ2) is 11.6. The number of guanidine groups is 1. The van der Waals surface area contributed by atoms with Crippen LogP contribution in [0, 0.1) is 5.41 Å². The molecule has 0 radical (unpaired) electrons. The second-order valence-electron chi connectivity index (χ2n) is 7.91. The maximum Gasteiger partial charge on any atom is 0.230 e. The molecule has 2 saturated carbocycles. The molecule has 0 saturated heterocycles. The van der Waals surface area contributed by atoms with E-state index in [0.29, 0.717) is 17.8 Å². The normalized spacial score (nSPS) is 26.0. The van der Waals surface area contributed by atoms with E-state index < -0.39 is 10.8 Å². The van der Waals surface area contributed by atoms with Crippen LogP contribution in [0.3, 0.4) is 0 Å². The highest BCUT2D eigenvalue weighted by atomic mass is 127. The van der Waals surface area contributed by atoms with Gasteiger partial charge in [0, 0.05) is 55.5 Å². The number of hydrogen-bond acceptors (Lipinski definition) is 3. The van der Waals surface area contributed by atoms with Crippen LogP contribution in [0.1, 0.15) is 58.3 Å². The van der Waals surface area contributed by atoms with Crippen LogP contribution >= 0.6 is 24.0 Å². The van der Waals surface area contributed by atoms with Crippen molar-refractivity contribution in [2.24, 2.45) is 10.4 Å². The third-order valence-corrected chi connectivity index (χ3v) is 7.60. The van der Waals surface area contributed by atoms with Crippen molar-refractivity contribution in [1.82, 2.24) is 15.5 Å². The van der Waals surface area contributed by atoms with Crippen LogP contribution in [0.5, 0.6) is 0 Å². The van der Waals surface area contributed by atoms with Crippen molar-refractivity contribution in [1.29, 1.82) is 0 Å². The van der Waals surface area contributed by atoms with E-state index in [-0.39, 0.29) is 35.3 Å². The maximum absolute atomic E-state index is 12.7. The Kier molecular flexibility index (Phi) is 10.6. The summed E-state index contributed by atoms with van der Waals surface area (Å²) in [7, 11) is 4.73. The smallest absolute Gasteiger partial charge is 0.230 e. The third-order valence-electron chi connectivity index (χ3n) is 5.86. The minimum Gasteiger partial charge on any atom is -0.355 e. The minimum absolute atomic E-state index is 0. The molecule has 0 aromatic heterocycles. The van der Waals surface area contributed by atoms with E-state index in [4.69, 9.17) is 0 Å². The number of nitrogens with one attached hydrogen (secondary N) is 2. The molecule has 0 heterocycles. The second-order valence-corrected chi connectivity index (χ2v) is 9.92. The summed E-state index contributed by atoms with van der Waals surface area (Å²) >= 11 is 0. The van der Waals surface area contributed by atoms with Gasteiger partial charge in [0.05, 0.1) is 5.41 Å². The van der Waals surface area contributed by atoms with Gasteiger partial charge < -0.3 is 15.5 Å². The number of aliphatic imine (C=N–C) groups is 1. The fourth-order valence-electron chi connectivity index (χ4n) is 4.38. The first kappa shape index (κ1) is 24.7. The SMILES string of the molecule is CCS(=O)C1CCCC(NC(=NC)NCC2(C(=O)N(C)C)CCCC2)C1.I. The molecule has 8 heteroatoms. The molecule has 1 amide bonds. The molecule has 2 N–H and O–H groups in total. The maximum atomic E-state index is 12.7. The van der Waals surface area contributed by atoms with Gasteiger partial charge in [0.2, 0.25) is 5.91 Å². The van der Waals surface area contributed by atoms with Crippen LogP contribution < -0.4 is 10.6 Å². The zero-order valence-corrected chi connectivity index (χ0v) is 20.4. The molecule has 0 spiro atoms. The molecule has 158 valence electrons. The largest absolute Gasteiger partial charge is 0.355 e. The highest BCUT2D eigenvalue weighted by Gasteiger charge is 2.42. The molecular weight excluding hydrogens is 475 g/mol. The molecular formula is C19H37IN4O2S. The van der Waals surface area contributed by atoms with Gasteiger partial charge in [-0.2, -0.15) is 0 Å². The fourth-order valence-corrected chi connectivity index (χ4v) is 5.73. The molecule has 2 aliphatic carbocycles. The van der Waals surface area contributed by atoms with Gasteiger partial charge in [0.15, 0.2) is 5.96 Å². The number of amides is 1. The van der Waals surface area contributed by atoms with Gasteiger partial charge in [0.25, 0.3) is 0 Å². The molecule has 6 nitrogen and oxygen atoms in total. The molecule has 2 rings (SSSR count). The molecule has 2 aliphatic rings. The van der Waals surface area contributed by atoms with Crippen molar-refractivity contribution >= 4 is 46.6 Å². The zero-order valence-electron chi connectivity index (χ0n) is 17.3. The van der Waals surface area contributed by atoms with E-state index in [9.17, 15) is 9.00 Å². The Morgan fingerprint density at radius 1 is 1.22 bits per heavy atom. The highest BCUT2D eigenvalue weighted by Crippen LogP contribution is 2.38. The van der Waals surface area contributed by atoms with Crippen LogP contribution in [0.4, 0.5) is 0 Å². The Morgan fingerprint density at radius 3 is 2.44 bits per heavy atom. The first-order chi connectivity index (χ1) is 12.4. The van der Waals surface area contributed by atoms with E-state index in [1.54, 1.807) is 11.9 Å². The number of halogens is 1. The summed E-state index contributed by atoms with van der Waals surface area (Å²) < 4.78 is 12.1. The summed E-state index contributed by atoms with van der Waals surface area (Å²) in [4.78, 5) is 18.8. The van der Waals surface area contributed by atoms with Crippen molar-refractivity contribution in [3.63, 3.8) is 0 Å². The van der Waals surface area contributed by atoms with Crippen molar-refractivity contribution < 1.29 is 9.00 Å². The number of hydrogen-bond donors (Lipinski definition) is 2. The molecule has 2 fully saturated rings. The predicted molar refractivity (Wildman–Crippen MR) is 124 cm³/mol. The van der Waals surface area contributed by atoms with E-state index in [1.807, 2.05) is 21.0 Å². The lowest BCUT2D eigenvalue weighted by Gasteiger charge is -2.33. The monoisotopic (exact) mass is 512 g/mol. The Morgan fingerprint density at radius 2 is 1.89 bits per heavy atom. The average molecular weight is 513 g/mol. The van der Waals surface area contributed by atoms with Crippen LogP contribution in [-0.2, 0) is 15.6 Å². The summed E-state index contributed by atoms with van der Waals surface area (Å²) in [6.45, 7) is 2.62. The lowest BCUT2D eigenvalue weighted by Crippen LogP contribution is -2.51. The number of carbonyl (C=O) groups is 1. The first-order valence-corrected chi connectivity index (χ1v) is 11.4. The molecule has 3 atom stereocenters. The van der Waals surface area contributed by atoms with Crippen LogP contribution in [0.25, 0.3) is 0 Å². The van der Waals surface area contributed by atoms with Crippen LogP contribution in [0.15, 0.2) is 4.99 Å². The molecule has 0 aliphatic heterocycles. The minimum atomic E-state index is -0.725. The summed E-state index contributed by atoms with van der Waals surface area (Å²) in [5.74, 6) is 1.71. The summed E-state index contributed by atoms with van der Waals surface area (Å²) in [6, 6.07) is 0.305. The quantitative estimate of drug-likeness (QED) is 0.326. The molecule has 27 heavy (non-hydrogen) atoms. The van der Waals surface area contributed by atoms with Crippen molar-refractivity contribution in [2.45, 2.75) is 69.6 Å². The topological polar surface area (TPSA) is 73.8 Å². The highest BCUT2D eigenvalue weighted by molar-refractivity contribution is 14.0. The molecule has 0 aromatic rings. The standard InChI is InChI=1S/C19H36N4O2S.HI/c1-5-26(25)16-10-8-9-15(13-16)22-18(20-2)21-14-19(11-6-7-12-19)17(24)23(3)4;/h15-16H,5-14H2,1-4H3,(H2,20,21,22);1H. The van der Waals surface area contributed by atoms with Crippen molar-refractivity contribution in [3.8, 4) is 0 Å². The molecule has 0 aromatic carbocycles. The zero-order chi connectivity index (χ0) is 19.2. The van der Waals surface area contributed by atoms with Gasteiger partial charge >= 0.3 is 0 Å². The number of nitrogens with zero attached hydrogens (tertiary/aromatic N) is 2. The van der Waals surface area contributed by atoms with Crippen LogP contribution in [0.2, 0.25) is 0 Å².